The number of nitrogens with zero attached hydrogens (tertiary/aromatic N) is 1. The van der Waals surface area contributed by atoms with E-state index in [4.69, 9.17) is 5.41 Å². The Labute approximate surface area is 63.7 Å². The van der Waals surface area contributed by atoms with E-state index in [1.54, 1.807) is 24.6 Å². The van der Waals surface area contributed by atoms with Gasteiger partial charge in [-0.3, -0.25) is 4.99 Å². The van der Waals surface area contributed by atoms with Crippen LogP contribution in [0.5, 0.6) is 0 Å². The maximum absolute atomic E-state index is 6.93. The Kier molecular flexibility index (Phi) is 2.34. The molecule has 0 saturated carbocycles. The van der Waals surface area contributed by atoms with Crippen LogP contribution in [0, 0.1) is 5.41 Å². The SMILES string of the molecule is C/N=C\c1ccc(C=N)s1. The van der Waals surface area contributed by atoms with Crippen molar-refractivity contribution in [1.82, 2.24) is 0 Å². The lowest BCUT2D eigenvalue weighted by Crippen LogP contribution is -1.68. The minimum atomic E-state index is 0.968. The summed E-state index contributed by atoms with van der Waals surface area (Å²) in [5.74, 6) is 0. The lowest BCUT2D eigenvalue weighted by atomic mass is 10.4. The second-order valence-electron chi connectivity index (χ2n) is 1.77. The molecule has 0 radical (unpaired) electrons. The molecule has 1 aromatic rings. The lowest BCUT2D eigenvalue weighted by molar-refractivity contribution is 1.47. The lowest BCUT2D eigenvalue weighted by Gasteiger charge is -1.77. The Hall–Kier alpha value is -0.960. The van der Waals surface area contributed by atoms with E-state index in [1.165, 1.54) is 6.21 Å². The highest BCUT2D eigenvalue weighted by atomic mass is 32.1. The van der Waals surface area contributed by atoms with Crippen LogP contribution in [0.3, 0.4) is 0 Å². The Bertz CT molecular complexity index is 250. The first-order valence-electron chi connectivity index (χ1n) is 2.89. The molecule has 0 unspecified atom stereocenters. The van der Waals surface area contributed by atoms with E-state index in [2.05, 4.69) is 4.99 Å². The zero-order valence-electron chi connectivity index (χ0n) is 5.66. The van der Waals surface area contributed by atoms with Crippen molar-refractivity contribution >= 4 is 23.8 Å². The molecule has 0 saturated heterocycles. The molecule has 2 nitrogen and oxygen atoms in total. The standard InChI is InChI=1S/C7H8N2S/c1-9-5-7-3-2-6(4-8)10-7/h2-5,8H,1H3/b8-4?,9-5-. The van der Waals surface area contributed by atoms with Gasteiger partial charge in [-0.15, -0.1) is 11.3 Å². The molecule has 0 aromatic carbocycles. The highest BCUT2D eigenvalue weighted by Crippen LogP contribution is 2.11. The number of hydrogen-bond donors (Lipinski definition) is 1. The number of aliphatic imine (C=N–C) groups is 1. The van der Waals surface area contributed by atoms with Gasteiger partial charge in [0.25, 0.3) is 0 Å². The molecule has 0 aliphatic heterocycles. The fraction of sp³-hybridized carbons (Fsp3) is 0.143. The van der Waals surface area contributed by atoms with Gasteiger partial charge in [0, 0.05) is 29.2 Å². The highest BCUT2D eigenvalue weighted by Gasteiger charge is 1.91. The van der Waals surface area contributed by atoms with E-state index in [1.807, 2.05) is 12.1 Å². The third kappa shape index (κ3) is 1.51. The summed E-state index contributed by atoms with van der Waals surface area (Å²) in [6.45, 7) is 0. The van der Waals surface area contributed by atoms with Gasteiger partial charge in [-0.05, 0) is 12.1 Å². The quantitative estimate of drug-likeness (QED) is 0.627. The first-order chi connectivity index (χ1) is 4.86. The summed E-state index contributed by atoms with van der Waals surface area (Å²) in [5.41, 5.74) is 0. The summed E-state index contributed by atoms with van der Waals surface area (Å²) >= 11 is 1.57. The van der Waals surface area contributed by atoms with E-state index in [0.717, 1.165) is 9.75 Å². The molecule has 0 aliphatic carbocycles. The molecule has 1 N–H and O–H groups in total. The molecule has 0 atom stereocenters. The predicted octanol–water partition coefficient (Wildman–Crippen LogP) is 1.79. The van der Waals surface area contributed by atoms with Crippen LogP contribution >= 0.6 is 11.3 Å². The zero-order chi connectivity index (χ0) is 7.40. The molecule has 3 heteroatoms. The van der Waals surface area contributed by atoms with Crippen LogP contribution in [0.2, 0.25) is 0 Å². The van der Waals surface area contributed by atoms with Crippen LogP contribution in [0.15, 0.2) is 17.1 Å². The minimum Gasteiger partial charge on any atom is -0.307 e. The molecule has 0 spiro atoms. The molecular formula is C7H8N2S. The van der Waals surface area contributed by atoms with Crippen LogP contribution in [0.1, 0.15) is 9.75 Å². The number of rotatable bonds is 2. The number of thiophene rings is 1. The Morgan fingerprint density at radius 3 is 2.70 bits per heavy atom. The summed E-state index contributed by atoms with van der Waals surface area (Å²) in [6.07, 6.45) is 3.13. The summed E-state index contributed by atoms with van der Waals surface area (Å²) in [7, 11) is 1.74. The average molecular weight is 152 g/mol. The van der Waals surface area contributed by atoms with Crippen molar-refractivity contribution in [3.05, 3.63) is 21.9 Å². The molecule has 52 valence electrons. The Balaban J connectivity index is 2.87. The Morgan fingerprint density at radius 1 is 1.50 bits per heavy atom. The number of nitrogens with one attached hydrogen (secondary N) is 1. The monoisotopic (exact) mass is 152 g/mol. The van der Waals surface area contributed by atoms with Gasteiger partial charge >= 0.3 is 0 Å². The van der Waals surface area contributed by atoms with Gasteiger partial charge in [0.2, 0.25) is 0 Å². The van der Waals surface area contributed by atoms with E-state index >= 15 is 0 Å². The molecule has 0 aliphatic rings. The second-order valence-corrected chi connectivity index (χ2v) is 2.92. The molecule has 1 rings (SSSR count). The van der Waals surface area contributed by atoms with Crippen molar-refractivity contribution < 1.29 is 0 Å². The van der Waals surface area contributed by atoms with Crippen LogP contribution in [0.25, 0.3) is 0 Å². The van der Waals surface area contributed by atoms with Crippen molar-refractivity contribution in [3.63, 3.8) is 0 Å². The minimum absolute atomic E-state index is 0.968. The fourth-order valence-electron chi connectivity index (χ4n) is 0.643. The van der Waals surface area contributed by atoms with Gasteiger partial charge in [-0.2, -0.15) is 0 Å². The summed E-state index contributed by atoms with van der Waals surface area (Å²) < 4.78 is 0. The Morgan fingerprint density at radius 2 is 2.20 bits per heavy atom. The van der Waals surface area contributed by atoms with Gasteiger partial charge in [-0.25, -0.2) is 0 Å². The number of hydrogen-bond acceptors (Lipinski definition) is 3. The largest absolute Gasteiger partial charge is 0.307 e. The van der Waals surface area contributed by atoms with Crippen LogP contribution < -0.4 is 0 Å². The molecular weight excluding hydrogens is 144 g/mol. The molecule has 1 aromatic heterocycles. The maximum Gasteiger partial charge on any atom is 0.0455 e. The molecule has 0 fully saturated rings. The van der Waals surface area contributed by atoms with Crippen molar-refractivity contribution in [1.29, 1.82) is 5.41 Å². The topological polar surface area (TPSA) is 36.2 Å². The van der Waals surface area contributed by atoms with Crippen LogP contribution in [0.4, 0.5) is 0 Å². The van der Waals surface area contributed by atoms with Crippen molar-refractivity contribution in [2.24, 2.45) is 4.99 Å². The first kappa shape index (κ1) is 7.15. The van der Waals surface area contributed by atoms with E-state index in [0.29, 0.717) is 0 Å². The van der Waals surface area contributed by atoms with E-state index in [9.17, 15) is 0 Å². The van der Waals surface area contributed by atoms with Gasteiger partial charge in [0.05, 0.1) is 0 Å². The zero-order valence-corrected chi connectivity index (χ0v) is 6.48. The van der Waals surface area contributed by atoms with Gasteiger partial charge in [-0.1, -0.05) is 0 Å². The summed E-state index contributed by atoms with van der Waals surface area (Å²) in [4.78, 5) is 5.93. The molecule has 0 bridgehead atoms. The van der Waals surface area contributed by atoms with Crippen molar-refractivity contribution in [2.75, 3.05) is 7.05 Å². The third-order valence-electron chi connectivity index (χ3n) is 1.05. The molecule has 0 amide bonds. The van der Waals surface area contributed by atoms with Crippen LogP contribution in [-0.4, -0.2) is 19.5 Å². The predicted molar refractivity (Wildman–Crippen MR) is 45.7 cm³/mol. The second kappa shape index (κ2) is 3.27. The van der Waals surface area contributed by atoms with Crippen molar-refractivity contribution in [3.8, 4) is 0 Å². The van der Waals surface area contributed by atoms with Gasteiger partial charge < -0.3 is 5.41 Å². The summed E-state index contributed by atoms with van der Waals surface area (Å²) in [5, 5.41) is 6.93. The maximum atomic E-state index is 6.93. The first-order valence-corrected chi connectivity index (χ1v) is 3.71. The summed E-state index contributed by atoms with van der Waals surface area (Å²) in [6, 6.07) is 3.87. The fourth-order valence-corrected chi connectivity index (χ4v) is 1.40. The smallest absolute Gasteiger partial charge is 0.0455 e. The molecule has 1 heterocycles. The molecule has 10 heavy (non-hydrogen) atoms. The average Bonchev–Trinajstić information content (AvgIpc) is 2.37. The van der Waals surface area contributed by atoms with Gasteiger partial charge in [0.1, 0.15) is 0 Å². The van der Waals surface area contributed by atoms with Crippen LogP contribution in [-0.2, 0) is 0 Å². The van der Waals surface area contributed by atoms with Crippen molar-refractivity contribution in [2.45, 2.75) is 0 Å². The van der Waals surface area contributed by atoms with E-state index < -0.39 is 0 Å². The van der Waals surface area contributed by atoms with Gasteiger partial charge in [0.15, 0.2) is 0 Å². The third-order valence-corrected chi connectivity index (χ3v) is 2.01. The normalized spacial score (nSPS) is 10.5. The van der Waals surface area contributed by atoms with E-state index in [-0.39, 0.29) is 0 Å². The highest BCUT2D eigenvalue weighted by molar-refractivity contribution is 7.15.